The van der Waals surface area contributed by atoms with Gasteiger partial charge in [-0.2, -0.15) is 0 Å². The van der Waals surface area contributed by atoms with Gasteiger partial charge in [-0.3, -0.25) is 14.4 Å². The minimum absolute atomic E-state index is 0.0767. The second-order valence-corrected chi connectivity index (χ2v) is 9.22. The largest absolute Gasteiger partial charge is 0.487 e. The number of carbonyl (C=O) groups is 4. The maximum absolute atomic E-state index is 13.0. The molecule has 3 rings (SSSR count). The van der Waals surface area contributed by atoms with Crippen LogP contribution in [0.1, 0.15) is 34.3 Å². The van der Waals surface area contributed by atoms with E-state index in [2.05, 4.69) is 10.6 Å². The zero-order chi connectivity index (χ0) is 28.4. The van der Waals surface area contributed by atoms with Gasteiger partial charge in [0.05, 0.1) is 18.2 Å². The Morgan fingerprint density at radius 3 is 2.28 bits per heavy atom. The van der Waals surface area contributed by atoms with Crippen LogP contribution in [0, 0.1) is 0 Å². The fourth-order valence-corrected chi connectivity index (χ4v) is 3.74. The Morgan fingerprint density at radius 1 is 0.949 bits per heavy atom. The lowest BCUT2D eigenvalue weighted by Gasteiger charge is -2.18. The van der Waals surface area contributed by atoms with Crippen LogP contribution in [0.5, 0.6) is 5.75 Å². The van der Waals surface area contributed by atoms with E-state index >= 15 is 0 Å². The average Bonchev–Trinajstić information content (AvgIpc) is 2.91. The van der Waals surface area contributed by atoms with E-state index in [1.165, 1.54) is 18.2 Å². The van der Waals surface area contributed by atoms with Crippen LogP contribution in [-0.2, 0) is 27.4 Å². The lowest BCUT2D eigenvalue weighted by atomic mass is 10.0. The third kappa shape index (κ3) is 9.13. The van der Waals surface area contributed by atoms with Crippen LogP contribution in [0.25, 0.3) is 0 Å². The number of carboxylic acid groups (broad SMARTS) is 1. The molecular weight excluding hydrogens is 524 g/mol. The van der Waals surface area contributed by atoms with Gasteiger partial charge in [0.15, 0.2) is 0 Å². The predicted octanol–water partition coefficient (Wildman–Crippen LogP) is 2.88. The summed E-state index contributed by atoms with van der Waals surface area (Å²) in [7, 11) is 0. The second-order valence-electron chi connectivity index (χ2n) is 8.78. The Morgan fingerprint density at radius 2 is 1.64 bits per heavy atom. The highest BCUT2D eigenvalue weighted by molar-refractivity contribution is 6.30. The summed E-state index contributed by atoms with van der Waals surface area (Å²) in [6.07, 6.45) is 0.299. The van der Waals surface area contributed by atoms with E-state index in [0.29, 0.717) is 11.4 Å². The summed E-state index contributed by atoms with van der Waals surface area (Å²) in [4.78, 5) is 48.4. The van der Waals surface area contributed by atoms with Gasteiger partial charge in [-0.1, -0.05) is 54.1 Å². The van der Waals surface area contributed by atoms with E-state index < -0.39 is 35.8 Å². The fraction of sp³-hybridized carbons (Fsp3) is 0.214. The zero-order valence-corrected chi connectivity index (χ0v) is 21.7. The van der Waals surface area contributed by atoms with Crippen molar-refractivity contribution in [2.75, 3.05) is 5.32 Å². The summed E-state index contributed by atoms with van der Waals surface area (Å²) in [6, 6.07) is 18.2. The molecule has 0 fully saturated rings. The van der Waals surface area contributed by atoms with E-state index in [-0.39, 0.29) is 36.4 Å². The molecular formula is C28H29ClN4O6. The smallest absolute Gasteiger partial charge is 0.326 e. The molecule has 0 saturated carbocycles. The average molecular weight is 553 g/mol. The molecule has 0 radical (unpaired) electrons. The summed E-state index contributed by atoms with van der Waals surface area (Å²) >= 11 is 5.93. The Balaban J connectivity index is 1.78. The van der Waals surface area contributed by atoms with Crippen molar-refractivity contribution in [2.45, 2.75) is 38.0 Å². The molecule has 204 valence electrons. The molecule has 0 aliphatic rings. The SMILES string of the molecule is NC(=O)C[C@H](N)C(=O)Nc1ccc(C(=O)N[C@@H](CCc2ccccc2)C(=O)O)cc1OCc1ccc(Cl)cc1. The standard InChI is InChI=1S/C28H29ClN4O6/c29-20-10-6-18(7-11-20)16-39-24-14-19(9-13-22(24)32-27(36)21(30)15-25(31)34)26(35)33-23(28(37)38)12-8-17-4-2-1-3-5-17/h1-7,9-11,13-14,21,23H,8,12,15-16,30H2,(H2,31,34)(H,32,36)(H,33,35)(H,37,38)/t21-,23-/m0/s1. The van der Waals surface area contributed by atoms with E-state index in [4.69, 9.17) is 27.8 Å². The van der Waals surface area contributed by atoms with Crippen LogP contribution in [-0.4, -0.2) is 40.9 Å². The van der Waals surface area contributed by atoms with Gasteiger partial charge in [0.25, 0.3) is 5.91 Å². The Labute approximate surface area is 230 Å². The number of aliphatic carboxylic acids is 1. The van der Waals surface area contributed by atoms with E-state index in [9.17, 15) is 24.3 Å². The van der Waals surface area contributed by atoms with Gasteiger partial charge < -0.3 is 31.9 Å². The number of ether oxygens (including phenoxy) is 1. The monoisotopic (exact) mass is 552 g/mol. The van der Waals surface area contributed by atoms with Crippen molar-refractivity contribution in [2.24, 2.45) is 11.5 Å². The third-order valence-corrected chi connectivity index (χ3v) is 5.99. The number of nitrogens with one attached hydrogen (secondary N) is 2. The number of aryl methyl sites for hydroxylation is 1. The molecule has 11 heteroatoms. The Hall–Kier alpha value is -4.41. The van der Waals surface area contributed by atoms with Crippen molar-refractivity contribution in [1.82, 2.24) is 5.32 Å². The summed E-state index contributed by atoms with van der Waals surface area (Å²) in [6.45, 7) is 0.0767. The minimum atomic E-state index is -1.18. The second kappa shape index (κ2) is 13.9. The molecule has 0 spiro atoms. The molecule has 2 atom stereocenters. The van der Waals surface area contributed by atoms with E-state index in [0.717, 1.165) is 11.1 Å². The van der Waals surface area contributed by atoms with Crippen molar-refractivity contribution in [3.63, 3.8) is 0 Å². The third-order valence-electron chi connectivity index (χ3n) is 5.74. The molecule has 10 nitrogen and oxygen atoms in total. The molecule has 0 unspecified atom stereocenters. The number of halogens is 1. The molecule has 0 heterocycles. The predicted molar refractivity (Wildman–Crippen MR) is 146 cm³/mol. The summed E-state index contributed by atoms with van der Waals surface area (Å²) in [5.41, 5.74) is 12.9. The number of carbonyl (C=O) groups excluding carboxylic acids is 3. The summed E-state index contributed by atoms with van der Waals surface area (Å²) < 4.78 is 5.89. The highest BCUT2D eigenvalue weighted by Gasteiger charge is 2.23. The molecule has 0 bridgehead atoms. The van der Waals surface area contributed by atoms with Gasteiger partial charge in [0, 0.05) is 10.6 Å². The first-order valence-electron chi connectivity index (χ1n) is 12.1. The lowest BCUT2D eigenvalue weighted by Crippen LogP contribution is -2.41. The molecule has 3 aromatic rings. The van der Waals surface area contributed by atoms with Gasteiger partial charge >= 0.3 is 5.97 Å². The normalized spacial score (nSPS) is 12.2. The number of anilines is 1. The first kappa shape index (κ1) is 29.2. The number of benzene rings is 3. The van der Waals surface area contributed by atoms with Crippen molar-refractivity contribution in [3.05, 3.63) is 94.5 Å². The number of rotatable bonds is 13. The van der Waals surface area contributed by atoms with Gasteiger partial charge in [-0.05, 0) is 54.3 Å². The van der Waals surface area contributed by atoms with Crippen LogP contribution < -0.4 is 26.8 Å². The number of carboxylic acids is 1. The summed E-state index contributed by atoms with van der Waals surface area (Å²) in [5, 5.41) is 15.3. The van der Waals surface area contributed by atoms with Crippen LogP contribution in [0.2, 0.25) is 5.02 Å². The van der Waals surface area contributed by atoms with Crippen LogP contribution in [0.15, 0.2) is 72.8 Å². The lowest BCUT2D eigenvalue weighted by molar-refractivity contribution is -0.139. The molecule has 3 aromatic carbocycles. The number of amides is 3. The van der Waals surface area contributed by atoms with Gasteiger partial charge in [-0.15, -0.1) is 0 Å². The maximum Gasteiger partial charge on any atom is 0.326 e. The van der Waals surface area contributed by atoms with Gasteiger partial charge in [-0.25, -0.2) is 4.79 Å². The highest BCUT2D eigenvalue weighted by Crippen LogP contribution is 2.28. The topological polar surface area (TPSA) is 174 Å². The number of primary amides is 1. The summed E-state index contributed by atoms with van der Waals surface area (Å²) in [5.74, 6) is -3.06. The molecule has 7 N–H and O–H groups in total. The quantitative estimate of drug-likeness (QED) is 0.217. The Kier molecular flexibility index (Phi) is 10.4. The number of nitrogens with two attached hydrogens (primary N) is 2. The maximum atomic E-state index is 13.0. The van der Waals surface area contributed by atoms with Crippen LogP contribution in [0.3, 0.4) is 0 Å². The van der Waals surface area contributed by atoms with Crippen LogP contribution in [0.4, 0.5) is 5.69 Å². The van der Waals surface area contributed by atoms with Crippen molar-refractivity contribution in [3.8, 4) is 5.75 Å². The van der Waals surface area contributed by atoms with Crippen molar-refractivity contribution in [1.29, 1.82) is 0 Å². The highest BCUT2D eigenvalue weighted by atomic mass is 35.5. The van der Waals surface area contributed by atoms with Gasteiger partial charge in [0.1, 0.15) is 18.4 Å². The van der Waals surface area contributed by atoms with Crippen molar-refractivity contribution >= 4 is 41.0 Å². The van der Waals surface area contributed by atoms with Crippen LogP contribution >= 0.6 is 11.6 Å². The molecule has 3 amide bonds. The fourth-order valence-electron chi connectivity index (χ4n) is 3.62. The van der Waals surface area contributed by atoms with E-state index in [1.54, 1.807) is 24.3 Å². The Bertz CT molecular complexity index is 1320. The molecule has 39 heavy (non-hydrogen) atoms. The zero-order valence-electron chi connectivity index (χ0n) is 20.9. The number of hydrogen-bond acceptors (Lipinski definition) is 6. The molecule has 0 saturated heterocycles. The molecule has 0 aliphatic carbocycles. The minimum Gasteiger partial charge on any atom is -0.487 e. The van der Waals surface area contributed by atoms with Crippen molar-refractivity contribution < 1.29 is 29.0 Å². The van der Waals surface area contributed by atoms with Gasteiger partial charge in [0.2, 0.25) is 11.8 Å². The molecule has 0 aliphatic heterocycles. The first-order chi connectivity index (χ1) is 18.6. The van der Waals surface area contributed by atoms with E-state index in [1.807, 2.05) is 30.3 Å². The molecule has 0 aromatic heterocycles. The number of hydrogen-bond donors (Lipinski definition) is 5. The first-order valence-corrected chi connectivity index (χ1v) is 12.4.